The van der Waals surface area contributed by atoms with Crippen molar-refractivity contribution in [2.45, 2.75) is 51.3 Å². The molecule has 5 rings (SSSR count). The van der Waals surface area contributed by atoms with Crippen LogP contribution in [-0.2, 0) is 48.3 Å². The number of hydrogen-bond donors (Lipinski definition) is 0. The van der Waals surface area contributed by atoms with E-state index in [0.717, 1.165) is 16.7 Å². The van der Waals surface area contributed by atoms with E-state index in [-0.39, 0.29) is 24.4 Å². The number of fused-ring (bicyclic) bond motifs is 1. The summed E-state index contributed by atoms with van der Waals surface area (Å²) in [5.74, 6) is -0.900. The fourth-order valence-corrected chi connectivity index (χ4v) is 4.87. The molecule has 36 heavy (non-hydrogen) atoms. The van der Waals surface area contributed by atoms with Crippen LogP contribution in [0, 0.1) is 11.8 Å². The molecule has 0 aromatic heterocycles. The first-order valence-electron chi connectivity index (χ1n) is 12.5. The van der Waals surface area contributed by atoms with E-state index >= 15 is 0 Å². The highest BCUT2D eigenvalue weighted by Gasteiger charge is 2.56. The lowest BCUT2D eigenvalue weighted by atomic mass is 9.83. The lowest BCUT2D eigenvalue weighted by Crippen LogP contribution is -2.57. The molecular formula is C30H32O6. The molecule has 2 fully saturated rings. The molecule has 0 N–H and O–H groups in total. The number of ether oxygens (including phenoxy) is 5. The minimum Gasteiger partial charge on any atom is -0.435 e. The SMILES string of the molecule is C[C@@H]1C(=O)O[C@H]2O[C@H](COCc3ccccc3)[C@@H](OCc3ccccc3)[C@H](OCc3ccccc3)[C@H]21. The van der Waals surface area contributed by atoms with Gasteiger partial charge in [-0.05, 0) is 16.7 Å². The second kappa shape index (κ2) is 11.8. The van der Waals surface area contributed by atoms with E-state index in [1.807, 2.05) is 97.9 Å². The third kappa shape index (κ3) is 5.85. The molecule has 0 aliphatic carbocycles. The zero-order chi connectivity index (χ0) is 24.7. The molecule has 0 saturated carbocycles. The van der Waals surface area contributed by atoms with Crippen molar-refractivity contribution < 1.29 is 28.5 Å². The quantitative estimate of drug-likeness (QED) is 0.378. The van der Waals surface area contributed by atoms with Crippen molar-refractivity contribution in [1.29, 1.82) is 0 Å². The molecule has 0 amide bonds. The van der Waals surface area contributed by atoms with Crippen LogP contribution in [0.5, 0.6) is 0 Å². The fraction of sp³-hybridized carbons (Fsp3) is 0.367. The predicted octanol–water partition coefficient (Wildman–Crippen LogP) is 4.91. The Morgan fingerprint density at radius 1 is 0.694 bits per heavy atom. The van der Waals surface area contributed by atoms with Crippen LogP contribution in [0.25, 0.3) is 0 Å². The number of benzene rings is 3. The minimum atomic E-state index is -0.685. The van der Waals surface area contributed by atoms with E-state index in [0.29, 0.717) is 19.8 Å². The van der Waals surface area contributed by atoms with Crippen LogP contribution in [-0.4, -0.2) is 37.2 Å². The van der Waals surface area contributed by atoms with Crippen LogP contribution >= 0.6 is 0 Å². The largest absolute Gasteiger partial charge is 0.435 e. The van der Waals surface area contributed by atoms with Crippen LogP contribution in [0.2, 0.25) is 0 Å². The van der Waals surface area contributed by atoms with Gasteiger partial charge in [0.2, 0.25) is 6.29 Å². The summed E-state index contributed by atoms with van der Waals surface area (Å²) < 4.78 is 31.0. The summed E-state index contributed by atoms with van der Waals surface area (Å²) >= 11 is 0. The first-order chi connectivity index (χ1) is 17.7. The number of carbonyl (C=O) groups excluding carboxylic acids is 1. The highest BCUT2D eigenvalue weighted by Crippen LogP contribution is 2.41. The van der Waals surface area contributed by atoms with E-state index in [1.165, 1.54) is 0 Å². The van der Waals surface area contributed by atoms with Gasteiger partial charge in [-0.2, -0.15) is 0 Å². The second-order valence-corrected chi connectivity index (χ2v) is 9.37. The van der Waals surface area contributed by atoms with Gasteiger partial charge in [-0.25, -0.2) is 0 Å². The predicted molar refractivity (Wildman–Crippen MR) is 134 cm³/mol. The van der Waals surface area contributed by atoms with Gasteiger partial charge in [0.15, 0.2) is 0 Å². The number of carbonyl (C=O) groups is 1. The highest BCUT2D eigenvalue weighted by molar-refractivity contribution is 5.74. The van der Waals surface area contributed by atoms with E-state index in [9.17, 15) is 4.79 Å². The molecule has 0 spiro atoms. The first kappa shape index (κ1) is 24.7. The third-order valence-electron chi connectivity index (χ3n) is 6.84. The van der Waals surface area contributed by atoms with Crippen molar-refractivity contribution in [2.75, 3.05) is 6.61 Å². The number of hydrogen-bond acceptors (Lipinski definition) is 6. The van der Waals surface area contributed by atoms with Crippen LogP contribution in [0.15, 0.2) is 91.0 Å². The maximum atomic E-state index is 12.5. The average molecular weight is 489 g/mol. The summed E-state index contributed by atoms with van der Waals surface area (Å²) in [7, 11) is 0. The molecule has 3 aromatic rings. The highest BCUT2D eigenvalue weighted by atomic mass is 16.7. The molecule has 188 valence electrons. The Balaban J connectivity index is 1.36. The Kier molecular flexibility index (Phi) is 8.08. The molecule has 2 saturated heterocycles. The smallest absolute Gasteiger partial charge is 0.311 e. The maximum absolute atomic E-state index is 12.5. The number of esters is 1. The molecule has 3 aromatic carbocycles. The lowest BCUT2D eigenvalue weighted by molar-refractivity contribution is -0.282. The Morgan fingerprint density at radius 3 is 1.75 bits per heavy atom. The fourth-order valence-electron chi connectivity index (χ4n) is 4.87. The van der Waals surface area contributed by atoms with Gasteiger partial charge in [-0.1, -0.05) is 97.9 Å². The molecule has 2 aliphatic heterocycles. The van der Waals surface area contributed by atoms with Crippen LogP contribution < -0.4 is 0 Å². The van der Waals surface area contributed by atoms with Gasteiger partial charge < -0.3 is 23.7 Å². The Bertz CT molecular complexity index is 1090. The van der Waals surface area contributed by atoms with Crippen LogP contribution in [0.3, 0.4) is 0 Å². The van der Waals surface area contributed by atoms with Gasteiger partial charge in [0.25, 0.3) is 0 Å². The van der Waals surface area contributed by atoms with Crippen molar-refractivity contribution in [1.82, 2.24) is 0 Å². The summed E-state index contributed by atoms with van der Waals surface area (Å²) in [6.07, 6.45) is -1.99. The van der Waals surface area contributed by atoms with Gasteiger partial charge in [-0.3, -0.25) is 4.79 Å². The Hall–Kier alpha value is -3.03. The lowest BCUT2D eigenvalue weighted by Gasteiger charge is -2.43. The van der Waals surface area contributed by atoms with E-state index in [2.05, 4.69) is 0 Å². The maximum Gasteiger partial charge on any atom is 0.311 e. The van der Waals surface area contributed by atoms with Crippen LogP contribution in [0.1, 0.15) is 23.6 Å². The summed E-state index contributed by atoms with van der Waals surface area (Å²) in [5, 5.41) is 0. The number of rotatable bonds is 10. The normalized spacial score (nSPS) is 27.4. The molecule has 6 heteroatoms. The zero-order valence-electron chi connectivity index (χ0n) is 20.4. The molecule has 6 atom stereocenters. The Labute approximate surface area is 212 Å². The van der Waals surface area contributed by atoms with Crippen molar-refractivity contribution in [2.24, 2.45) is 11.8 Å². The van der Waals surface area contributed by atoms with Gasteiger partial charge in [0.1, 0.15) is 12.2 Å². The molecule has 0 radical (unpaired) electrons. The van der Waals surface area contributed by atoms with Gasteiger partial charge >= 0.3 is 5.97 Å². The van der Waals surface area contributed by atoms with E-state index in [1.54, 1.807) is 0 Å². The minimum absolute atomic E-state index is 0.271. The molecule has 2 aliphatic rings. The molecular weight excluding hydrogens is 456 g/mol. The van der Waals surface area contributed by atoms with E-state index in [4.69, 9.17) is 23.7 Å². The summed E-state index contributed by atoms with van der Waals surface area (Å²) in [5.41, 5.74) is 3.18. The topological polar surface area (TPSA) is 63.2 Å². The van der Waals surface area contributed by atoms with Gasteiger partial charge in [0, 0.05) is 0 Å². The summed E-state index contributed by atoms with van der Waals surface area (Å²) in [4.78, 5) is 12.5. The summed E-state index contributed by atoms with van der Waals surface area (Å²) in [6.45, 7) is 3.41. The van der Waals surface area contributed by atoms with Crippen molar-refractivity contribution in [3.8, 4) is 0 Å². The molecule has 6 nitrogen and oxygen atoms in total. The van der Waals surface area contributed by atoms with Gasteiger partial charge in [0.05, 0.1) is 44.4 Å². The molecule has 0 bridgehead atoms. The monoisotopic (exact) mass is 488 g/mol. The first-order valence-corrected chi connectivity index (χ1v) is 12.5. The third-order valence-corrected chi connectivity index (χ3v) is 6.84. The second-order valence-electron chi connectivity index (χ2n) is 9.37. The Morgan fingerprint density at radius 2 is 1.19 bits per heavy atom. The standard InChI is InChI=1S/C30H32O6/c1-21-26-28(34-19-24-15-9-4-10-16-24)27(33-18-23-13-7-3-8-14-23)25(35-30(26)36-29(21)31)20-32-17-22-11-5-2-6-12-22/h2-16,21,25-28,30H,17-20H2,1H3/t21-,25+,26+,27+,28+,30+/m0/s1. The van der Waals surface area contributed by atoms with Crippen molar-refractivity contribution in [3.05, 3.63) is 108 Å². The van der Waals surface area contributed by atoms with Crippen molar-refractivity contribution >= 4 is 5.97 Å². The molecule has 2 heterocycles. The average Bonchev–Trinajstić information content (AvgIpc) is 3.21. The molecule has 0 unspecified atom stereocenters. The van der Waals surface area contributed by atoms with E-state index < -0.39 is 24.6 Å². The van der Waals surface area contributed by atoms with Gasteiger partial charge in [-0.15, -0.1) is 0 Å². The van der Waals surface area contributed by atoms with Crippen molar-refractivity contribution in [3.63, 3.8) is 0 Å². The van der Waals surface area contributed by atoms with Crippen LogP contribution in [0.4, 0.5) is 0 Å². The zero-order valence-corrected chi connectivity index (χ0v) is 20.4. The summed E-state index contributed by atoms with van der Waals surface area (Å²) in [6, 6.07) is 30.0.